The van der Waals surface area contributed by atoms with Gasteiger partial charge in [0, 0.05) is 12.7 Å². The standard InChI is InChI=1S/C12H19NO3/c1-8(14-2)12(13)10-7-9(15-3)5-6-11(10)16-4/h5-8,12H,13H2,1-4H3. The molecule has 0 amide bonds. The third kappa shape index (κ3) is 2.65. The maximum absolute atomic E-state index is 6.09. The van der Waals surface area contributed by atoms with Crippen LogP contribution in [0.15, 0.2) is 18.2 Å². The predicted octanol–water partition coefficient (Wildman–Crippen LogP) is 1.74. The van der Waals surface area contributed by atoms with E-state index in [1.54, 1.807) is 21.3 Å². The van der Waals surface area contributed by atoms with Gasteiger partial charge in [0.15, 0.2) is 0 Å². The Morgan fingerprint density at radius 3 is 2.31 bits per heavy atom. The first-order chi connectivity index (χ1) is 7.63. The summed E-state index contributed by atoms with van der Waals surface area (Å²) in [7, 11) is 4.88. The Hall–Kier alpha value is -1.26. The summed E-state index contributed by atoms with van der Waals surface area (Å²) in [6.07, 6.45) is -0.0824. The number of hydrogen-bond acceptors (Lipinski definition) is 4. The molecule has 0 radical (unpaired) electrons. The third-order valence-corrected chi connectivity index (χ3v) is 2.67. The van der Waals surface area contributed by atoms with Gasteiger partial charge < -0.3 is 19.9 Å². The fourth-order valence-corrected chi connectivity index (χ4v) is 1.50. The second-order valence-electron chi connectivity index (χ2n) is 3.57. The van der Waals surface area contributed by atoms with E-state index < -0.39 is 0 Å². The van der Waals surface area contributed by atoms with Gasteiger partial charge in [-0.1, -0.05) is 0 Å². The van der Waals surface area contributed by atoms with Gasteiger partial charge in [-0.3, -0.25) is 0 Å². The summed E-state index contributed by atoms with van der Waals surface area (Å²) in [4.78, 5) is 0. The fraction of sp³-hybridized carbons (Fsp3) is 0.500. The number of hydrogen-bond donors (Lipinski definition) is 1. The molecule has 4 heteroatoms. The van der Waals surface area contributed by atoms with Gasteiger partial charge in [0.1, 0.15) is 11.5 Å². The Morgan fingerprint density at radius 2 is 1.81 bits per heavy atom. The molecule has 90 valence electrons. The first-order valence-corrected chi connectivity index (χ1v) is 5.14. The normalized spacial score (nSPS) is 14.3. The monoisotopic (exact) mass is 225 g/mol. The first-order valence-electron chi connectivity index (χ1n) is 5.14. The Labute approximate surface area is 96.3 Å². The molecule has 16 heavy (non-hydrogen) atoms. The van der Waals surface area contributed by atoms with Crippen LogP contribution in [0.3, 0.4) is 0 Å². The molecule has 1 aromatic carbocycles. The van der Waals surface area contributed by atoms with Gasteiger partial charge in [0.05, 0.1) is 26.4 Å². The van der Waals surface area contributed by atoms with Crippen molar-refractivity contribution in [3.63, 3.8) is 0 Å². The quantitative estimate of drug-likeness (QED) is 0.829. The third-order valence-electron chi connectivity index (χ3n) is 2.67. The zero-order valence-electron chi connectivity index (χ0n) is 10.2. The van der Waals surface area contributed by atoms with E-state index in [0.717, 1.165) is 17.1 Å². The zero-order valence-corrected chi connectivity index (χ0v) is 10.2. The van der Waals surface area contributed by atoms with E-state index in [9.17, 15) is 0 Å². The smallest absolute Gasteiger partial charge is 0.123 e. The molecule has 4 nitrogen and oxygen atoms in total. The molecule has 0 saturated heterocycles. The lowest BCUT2D eigenvalue weighted by Gasteiger charge is -2.21. The van der Waals surface area contributed by atoms with Crippen molar-refractivity contribution in [3.05, 3.63) is 23.8 Å². The molecule has 2 atom stereocenters. The van der Waals surface area contributed by atoms with Gasteiger partial charge in [-0.05, 0) is 25.1 Å². The number of rotatable bonds is 5. The van der Waals surface area contributed by atoms with Crippen molar-refractivity contribution in [2.75, 3.05) is 21.3 Å². The molecular formula is C12H19NO3. The Morgan fingerprint density at radius 1 is 1.12 bits per heavy atom. The predicted molar refractivity (Wildman–Crippen MR) is 62.9 cm³/mol. The molecule has 1 aromatic rings. The van der Waals surface area contributed by atoms with Crippen molar-refractivity contribution in [3.8, 4) is 11.5 Å². The first kappa shape index (κ1) is 12.8. The molecule has 2 unspecified atom stereocenters. The van der Waals surface area contributed by atoms with Gasteiger partial charge >= 0.3 is 0 Å². The van der Waals surface area contributed by atoms with Crippen LogP contribution < -0.4 is 15.2 Å². The summed E-state index contributed by atoms with van der Waals surface area (Å²) in [5.74, 6) is 1.51. The van der Waals surface area contributed by atoms with Gasteiger partial charge in [0.25, 0.3) is 0 Å². The zero-order chi connectivity index (χ0) is 12.1. The highest BCUT2D eigenvalue weighted by Crippen LogP contribution is 2.30. The van der Waals surface area contributed by atoms with E-state index in [2.05, 4.69) is 0 Å². The molecule has 2 N–H and O–H groups in total. The average molecular weight is 225 g/mol. The number of nitrogens with two attached hydrogens (primary N) is 1. The lowest BCUT2D eigenvalue weighted by atomic mass is 10.0. The summed E-state index contributed by atoms with van der Waals surface area (Å²) in [6.45, 7) is 1.92. The van der Waals surface area contributed by atoms with Crippen LogP contribution in [0.1, 0.15) is 18.5 Å². The van der Waals surface area contributed by atoms with Crippen molar-refractivity contribution in [1.82, 2.24) is 0 Å². The van der Waals surface area contributed by atoms with Crippen LogP contribution >= 0.6 is 0 Å². The van der Waals surface area contributed by atoms with Crippen LogP contribution in [0, 0.1) is 0 Å². The van der Waals surface area contributed by atoms with Crippen LogP contribution in [0.5, 0.6) is 11.5 Å². The molecule has 0 aromatic heterocycles. The minimum atomic E-state index is -0.241. The van der Waals surface area contributed by atoms with E-state index in [1.807, 2.05) is 25.1 Å². The van der Waals surface area contributed by atoms with Gasteiger partial charge in [-0.2, -0.15) is 0 Å². The highest BCUT2D eigenvalue weighted by Gasteiger charge is 2.19. The number of methoxy groups -OCH3 is 3. The molecule has 0 aliphatic carbocycles. The molecule has 0 saturated carbocycles. The van der Waals surface area contributed by atoms with E-state index in [-0.39, 0.29) is 12.1 Å². The lowest BCUT2D eigenvalue weighted by molar-refractivity contribution is 0.0947. The molecular weight excluding hydrogens is 206 g/mol. The summed E-state index contributed by atoms with van der Waals surface area (Å²) in [5, 5.41) is 0. The summed E-state index contributed by atoms with van der Waals surface area (Å²) in [6, 6.07) is 5.32. The topological polar surface area (TPSA) is 53.7 Å². The van der Waals surface area contributed by atoms with E-state index in [4.69, 9.17) is 19.9 Å². The van der Waals surface area contributed by atoms with Crippen molar-refractivity contribution in [1.29, 1.82) is 0 Å². The molecule has 0 aliphatic rings. The van der Waals surface area contributed by atoms with E-state index in [0.29, 0.717) is 0 Å². The summed E-state index contributed by atoms with van der Waals surface area (Å²) in [5.41, 5.74) is 6.97. The highest BCUT2D eigenvalue weighted by molar-refractivity contribution is 5.42. The molecule has 0 spiro atoms. The molecule has 0 heterocycles. The second kappa shape index (κ2) is 5.72. The molecule has 0 aliphatic heterocycles. The summed E-state index contributed by atoms with van der Waals surface area (Å²) < 4.78 is 15.7. The number of ether oxygens (including phenoxy) is 3. The van der Waals surface area contributed by atoms with Gasteiger partial charge in [-0.25, -0.2) is 0 Å². The lowest BCUT2D eigenvalue weighted by Crippen LogP contribution is -2.25. The maximum atomic E-state index is 6.09. The SMILES string of the molecule is COc1ccc(OC)c(C(N)C(C)OC)c1. The minimum Gasteiger partial charge on any atom is -0.497 e. The van der Waals surface area contributed by atoms with Gasteiger partial charge in [0.2, 0.25) is 0 Å². The number of benzene rings is 1. The minimum absolute atomic E-state index is 0.0824. The van der Waals surface area contributed by atoms with Crippen LogP contribution in [0.25, 0.3) is 0 Å². The maximum Gasteiger partial charge on any atom is 0.123 e. The molecule has 0 bridgehead atoms. The van der Waals surface area contributed by atoms with E-state index in [1.165, 1.54) is 0 Å². The van der Waals surface area contributed by atoms with Crippen molar-refractivity contribution < 1.29 is 14.2 Å². The summed E-state index contributed by atoms with van der Waals surface area (Å²) >= 11 is 0. The molecule has 0 fully saturated rings. The fourth-order valence-electron chi connectivity index (χ4n) is 1.50. The van der Waals surface area contributed by atoms with Crippen LogP contribution in [0.4, 0.5) is 0 Å². The Bertz CT molecular complexity index is 341. The Kier molecular flexibility index (Phi) is 4.58. The van der Waals surface area contributed by atoms with Crippen LogP contribution in [0.2, 0.25) is 0 Å². The Balaban J connectivity index is 3.07. The second-order valence-corrected chi connectivity index (χ2v) is 3.57. The highest BCUT2D eigenvalue weighted by atomic mass is 16.5. The largest absolute Gasteiger partial charge is 0.497 e. The average Bonchev–Trinajstić information content (AvgIpc) is 2.35. The van der Waals surface area contributed by atoms with Crippen LogP contribution in [-0.2, 0) is 4.74 Å². The van der Waals surface area contributed by atoms with E-state index >= 15 is 0 Å². The van der Waals surface area contributed by atoms with Crippen LogP contribution in [-0.4, -0.2) is 27.4 Å². The molecule has 1 rings (SSSR count). The van der Waals surface area contributed by atoms with Crippen molar-refractivity contribution in [2.45, 2.75) is 19.1 Å². The van der Waals surface area contributed by atoms with Gasteiger partial charge in [-0.15, -0.1) is 0 Å². The van der Waals surface area contributed by atoms with Crippen molar-refractivity contribution in [2.24, 2.45) is 5.73 Å². The van der Waals surface area contributed by atoms with Crippen molar-refractivity contribution >= 4 is 0 Å².